The van der Waals surface area contributed by atoms with E-state index in [2.05, 4.69) is 9.97 Å². The number of imidazole rings is 1. The van der Waals surface area contributed by atoms with Crippen molar-refractivity contribution in [2.75, 3.05) is 14.1 Å². The predicted octanol–water partition coefficient (Wildman–Crippen LogP) is 0.719. The molecule has 0 unspecified atom stereocenters. The Morgan fingerprint density at radius 3 is 2.91 bits per heavy atom. The van der Waals surface area contributed by atoms with Crippen molar-refractivity contribution in [2.24, 2.45) is 0 Å². The average molecular weight is 175 g/mol. The Morgan fingerprint density at radius 1 is 1.55 bits per heavy atom. The molecule has 0 saturated heterocycles. The minimum absolute atomic E-state index is 1.05. The Balaban J connectivity index is 2.14. The van der Waals surface area contributed by atoms with Gasteiger partial charge >= 0.3 is 0 Å². The zero-order chi connectivity index (χ0) is 8.10. The van der Waals surface area contributed by atoms with Crippen LogP contribution in [0.3, 0.4) is 0 Å². The van der Waals surface area contributed by atoms with Crippen LogP contribution in [0.5, 0.6) is 0 Å². The lowest BCUT2D eigenvalue weighted by atomic mass is 11.0. The van der Waals surface area contributed by atoms with Crippen LogP contribution in [0, 0.1) is 0 Å². The highest BCUT2D eigenvalue weighted by Gasteiger charge is 1.93. The second kappa shape index (κ2) is 4.35. The Labute approximate surface area is 69.1 Å². The van der Waals surface area contributed by atoms with Crippen LogP contribution in [0.4, 0.5) is 0 Å². The van der Waals surface area contributed by atoms with Gasteiger partial charge in [-0.1, -0.05) is 0 Å². The van der Waals surface area contributed by atoms with Gasteiger partial charge in [-0.3, -0.25) is 3.97 Å². The number of hydrogen-bond donors (Lipinski definition) is 0. The fourth-order valence-electron chi connectivity index (χ4n) is 0.401. The smallest absolute Gasteiger partial charge is 0.159 e. The third-order valence-electron chi connectivity index (χ3n) is 0.776. The van der Waals surface area contributed by atoms with E-state index in [1.54, 1.807) is 36.8 Å². The topological polar surface area (TPSA) is 39.5 Å². The van der Waals surface area contributed by atoms with Crippen LogP contribution in [0.1, 0.15) is 0 Å². The number of hydroxylamine groups is 2. The quantitative estimate of drug-likeness (QED) is 0.383. The first-order valence-electron chi connectivity index (χ1n) is 2.96. The molecule has 0 radical (unpaired) electrons. The van der Waals surface area contributed by atoms with Crippen LogP contribution in [-0.2, 0) is 9.32 Å². The maximum atomic E-state index is 4.70. The van der Waals surface area contributed by atoms with Crippen molar-refractivity contribution in [1.29, 1.82) is 0 Å². The molecule has 0 N–H and O–H groups in total. The molecule has 0 aliphatic rings. The van der Waals surface area contributed by atoms with E-state index < -0.39 is 0 Å². The molecule has 0 aromatic carbocycles. The molecule has 1 rings (SSSR count). The van der Waals surface area contributed by atoms with E-state index in [-0.39, 0.29) is 0 Å². The molecule has 0 atom stereocenters. The van der Waals surface area contributed by atoms with Gasteiger partial charge in [0.2, 0.25) is 0 Å². The Bertz CT molecular complexity index is 190. The maximum Gasteiger partial charge on any atom is 0.159 e. The number of aromatic nitrogens is 2. The molecule has 0 bridgehead atoms. The lowest BCUT2D eigenvalue weighted by Gasteiger charge is -2.06. The third kappa shape index (κ3) is 3.38. The molecule has 0 fully saturated rings. The maximum absolute atomic E-state index is 4.70. The van der Waals surface area contributed by atoms with Crippen LogP contribution in [0.15, 0.2) is 18.7 Å². The summed E-state index contributed by atoms with van der Waals surface area (Å²) < 4.78 is 6.38. The van der Waals surface area contributed by atoms with Gasteiger partial charge in [0.25, 0.3) is 0 Å². The molecule has 1 aromatic heterocycles. The minimum atomic E-state index is 1.05. The van der Waals surface area contributed by atoms with Crippen LogP contribution in [0.25, 0.3) is 0 Å². The molecule has 0 saturated carbocycles. The Morgan fingerprint density at radius 2 is 2.36 bits per heavy atom. The van der Waals surface area contributed by atoms with Gasteiger partial charge in [-0.2, -0.15) is 5.06 Å². The van der Waals surface area contributed by atoms with Gasteiger partial charge in [-0.05, 0) is 0 Å². The second-order valence-electron chi connectivity index (χ2n) is 1.95. The predicted molar refractivity (Wildman–Crippen MR) is 41.1 cm³/mol. The van der Waals surface area contributed by atoms with Crippen molar-refractivity contribution in [1.82, 2.24) is 14.0 Å². The summed E-state index contributed by atoms with van der Waals surface area (Å²) in [7, 11) is 3.46. The van der Waals surface area contributed by atoms with Crippen molar-refractivity contribution < 1.29 is 9.32 Å². The molecule has 11 heavy (non-hydrogen) atoms. The number of nitrogens with zero attached hydrogens (tertiary/aromatic N) is 3. The highest BCUT2D eigenvalue weighted by atomic mass is 32.2. The SMILES string of the molecule is CN(C)OOSn1ccnc1. The van der Waals surface area contributed by atoms with Crippen molar-refractivity contribution >= 4 is 12.2 Å². The summed E-state index contributed by atoms with van der Waals surface area (Å²) in [5.41, 5.74) is 0. The Hall–Kier alpha value is -0.560. The van der Waals surface area contributed by atoms with Crippen LogP contribution in [-0.4, -0.2) is 28.1 Å². The van der Waals surface area contributed by atoms with Gasteiger partial charge in [0.1, 0.15) is 6.33 Å². The van der Waals surface area contributed by atoms with Crippen molar-refractivity contribution in [3.63, 3.8) is 0 Å². The summed E-state index contributed by atoms with van der Waals surface area (Å²) in [6.07, 6.45) is 5.03. The van der Waals surface area contributed by atoms with Crippen molar-refractivity contribution in [3.8, 4) is 0 Å². The first kappa shape index (κ1) is 8.54. The number of rotatable bonds is 4. The molecular weight excluding hydrogens is 166 g/mol. The first-order valence-corrected chi connectivity index (χ1v) is 3.66. The zero-order valence-corrected chi connectivity index (χ0v) is 7.11. The molecule has 62 valence electrons. The van der Waals surface area contributed by atoms with Crippen LogP contribution < -0.4 is 0 Å². The molecule has 1 heterocycles. The molecule has 0 amide bonds. The van der Waals surface area contributed by atoms with E-state index in [1.807, 2.05) is 0 Å². The van der Waals surface area contributed by atoms with Gasteiger partial charge in [0.05, 0.1) is 0 Å². The molecule has 5 nitrogen and oxygen atoms in total. The lowest BCUT2D eigenvalue weighted by molar-refractivity contribution is -0.340. The largest absolute Gasteiger partial charge is 0.254 e. The summed E-state index contributed by atoms with van der Waals surface area (Å²) in [5, 5.41) is 1.45. The lowest BCUT2D eigenvalue weighted by Crippen LogP contribution is -2.10. The van der Waals surface area contributed by atoms with Gasteiger partial charge < -0.3 is 0 Å². The molecule has 0 aliphatic carbocycles. The Kier molecular flexibility index (Phi) is 3.37. The summed E-state index contributed by atoms with van der Waals surface area (Å²) >= 11 is 1.05. The van der Waals surface area contributed by atoms with E-state index in [1.165, 1.54) is 5.06 Å². The van der Waals surface area contributed by atoms with E-state index in [0.717, 1.165) is 12.2 Å². The molecule has 1 aromatic rings. The van der Waals surface area contributed by atoms with Crippen LogP contribution >= 0.6 is 12.2 Å². The standard InChI is InChI=1S/C5H9N3O2S/c1-7(2)9-10-11-8-4-3-6-5-8/h3-5H,1-2H3. The average Bonchev–Trinajstić information content (AvgIpc) is 2.39. The molecule has 6 heteroatoms. The summed E-state index contributed by atoms with van der Waals surface area (Å²) in [6, 6.07) is 0. The van der Waals surface area contributed by atoms with Crippen molar-refractivity contribution in [2.45, 2.75) is 0 Å². The zero-order valence-electron chi connectivity index (χ0n) is 6.30. The number of hydrogen-bond acceptors (Lipinski definition) is 5. The summed E-state index contributed by atoms with van der Waals surface area (Å²) in [6.45, 7) is 0. The van der Waals surface area contributed by atoms with Crippen LogP contribution in [0.2, 0.25) is 0 Å². The van der Waals surface area contributed by atoms with Crippen molar-refractivity contribution in [3.05, 3.63) is 18.7 Å². The fraction of sp³-hybridized carbons (Fsp3) is 0.400. The second-order valence-corrected chi connectivity index (χ2v) is 2.66. The summed E-state index contributed by atoms with van der Waals surface area (Å²) in [4.78, 5) is 8.48. The normalized spacial score (nSPS) is 10.8. The third-order valence-corrected chi connectivity index (χ3v) is 1.29. The van der Waals surface area contributed by atoms with Gasteiger partial charge in [-0.15, -0.1) is 9.32 Å². The fourth-order valence-corrected chi connectivity index (χ4v) is 0.817. The van der Waals surface area contributed by atoms with E-state index in [0.29, 0.717) is 0 Å². The van der Waals surface area contributed by atoms with Gasteiger partial charge in [0, 0.05) is 26.5 Å². The molecular formula is C5H9N3O2S. The van der Waals surface area contributed by atoms with E-state index in [4.69, 9.17) is 4.33 Å². The monoisotopic (exact) mass is 175 g/mol. The van der Waals surface area contributed by atoms with Gasteiger partial charge in [-0.25, -0.2) is 4.98 Å². The highest BCUT2D eigenvalue weighted by Crippen LogP contribution is 2.06. The highest BCUT2D eigenvalue weighted by molar-refractivity contribution is 7.93. The van der Waals surface area contributed by atoms with E-state index >= 15 is 0 Å². The first-order chi connectivity index (χ1) is 5.29. The van der Waals surface area contributed by atoms with E-state index in [9.17, 15) is 0 Å². The molecule has 0 aliphatic heterocycles. The minimum Gasteiger partial charge on any atom is -0.254 e. The summed E-state index contributed by atoms with van der Waals surface area (Å²) in [5.74, 6) is 0. The van der Waals surface area contributed by atoms with Gasteiger partial charge in [0.15, 0.2) is 12.2 Å². The molecule has 0 spiro atoms.